The minimum atomic E-state index is -0.649. The quantitative estimate of drug-likeness (QED) is 0.814. The lowest BCUT2D eigenvalue weighted by molar-refractivity contribution is -0.117. The van der Waals surface area contributed by atoms with Crippen LogP contribution in [-0.4, -0.2) is 64.2 Å². The van der Waals surface area contributed by atoms with E-state index in [1.54, 1.807) is 11.8 Å². The molecule has 1 fully saturated rings. The molecule has 9 heteroatoms. The highest BCUT2D eigenvalue weighted by molar-refractivity contribution is 7.15. The number of amides is 3. The van der Waals surface area contributed by atoms with E-state index in [0.29, 0.717) is 18.2 Å². The summed E-state index contributed by atoms with van der Waals surface area (Å²) in [7, 11) is 0. The van der Waals surface area contributed by atoms with Crippen LogP contribution in [0.2, 0.25) is 0 Å². The van der Waals surface area contributed by atoms with Crippen molar-refractivity contribution in [3.8, 4) is 0 Å². The maximum Gasteiger partial charge on any atom is 0.318 e. The first-order chi connectivity index (χ1) is 13.0. The molecule has 2 N–H and O–H groups in total. The van der Waals surface area contributed by atoms with Crippen LogP contribution in [0.3, 0.4) is 0 Å². The number of urea groups is 1. The van der Waals surface area contributed by atoms with E-state index in [4.69, 9.17) is 0 Å². The molecular weight excluding hydrogens is 364 g/mol. The van der Waals surface area contributed by atoms with Gasteiger partial charge in [0.25, 0.3) is 0 Å². The number of nitrogens with one attached hydrogen (secondary N) is 2. The molecule has 2 aromatic rings. The van der Waals surface area contributed by atoms with Gasteiger partial charge in [-0.3, -0.25) is 15.0 Å². The minimum absolute atomic E-state index is 0.217. The highest BCUT2D eigenvalue weighted by Gasteiger charge is 2.24. The van der Waals surface area contributed by atoms with Crippen molar-refractivity contribution in [3.05, 3.63) is 40.9 Å². The molecule has 3 rings (SSSR count). The number of anilines is 1. The van der Waals surface area contributed by atoms with Crippen molar-refractivity contribution >= 4 is 28.4 Å². The number of rotatable bonds is 5. The molecule has 0 radical (unpaired) electrons. The largest absolute Gasteiger partial charge is 0.326 e. The molecule has 1 aromatic carbocycles. The number of benzene rings is 1. The predicted molar refractivity (Wildman–Crippen MR) is 105 cm³/mol. The van der Waals surface area contributed by atoms with Gasteiger partial charge < -0.3 is 10.2 Å². The molecule has 2 heterocycles. The van der Waals surface area contributed by atoms with E-state index in [9.17, 15) is 9.59 Å². The summed E-state index contributed by atoms with van der Waals surface area (Å²) >= 11 is 1.30. The monoisotopic (exact) mass is 388 g/mol. The first kappa shape index (κ1) is 19.2. The van der Waals surface area contributed by atoms with Gasteiger partial charge in [-0.05, 0) is 19.4 Å². The Balaban J connectivity index is 1.42. The third-order valence-electron chi connectivity index (χ3n) is 4.40. The van der Waals surface area contributed by atoms with Gasteiger partial charge in [0.1, 0.15) is 11.0 Å². The standard InChI is InChI=1S/C18H24N6O2S/c1-13(16(25)20-17-22-21-14(2)27-17)19-18(26)24-10-8-23(9-11-24)12-15-6-4-3-5-7-15/h3-7,13H,8-12H2,1-2H3,(H,19,26)(H,20,22,25)/t13-/m1/s1. The lowest BCUT2D eigenvalue weighted by atomic mass is 10.2. The minimum Gasteiger partial charge on any atom is -0.326 e. The summed E-state index contributed by atoms with van der Waals surface area (Å²) in [5, 5.41) is 14.3. The summed E-state index contributed by atoms with van der Waals surface area (Å²) < 4.78 is 0. The molecule has 8 nitrogen and oxygen atoms in total. The zero-order valence-electron chi connectivity index (χ0n) is 15.5. The molecule has 1 aliphatic heterocycles. The topological polar surface area (TPSA) is 90.5 Å². The first-order valence-electron chi connectivity index (χ1n) is 8.94. The van der Waals surface area contributed by atoms with E-state index in [1.807, 2.05) is 25.1 Å². The summed E-state index contributed by atoms with van der Waals surface area (Å²) in [5.74, 6) is -0.304. The maximum atomic E-state index is 12.4. The van der Waals surface area contributed by atoms with Crippen molar-refractivity contribution in [3.63, 3.8) is 0 Å². The molecule has 144 valence electrons. The fourth-order valence-corrected chi connectivity index (χ4v) is 3.45. The van der Waals surface area contributed by atoms with E-state index in [-0.39, 0.29) is 11.9 Å². The number of hydrogen-bond donors (Lipinski definition) is 2. The Hall–Kier alpha value is -2.52. The van der Waals surface area contributed by atoms with Gasteiger partial charge in [-0.1, -0.05) is 41.7 Å². The lowest BCUT2D eigenvalue weighted by Crippen LogP contribution is -2.54. The zero-order chi connectivity index (χ0) is 19.2. The van der Waals surface area contributed by atoms with Crippen LogP contribution in [0.25, 0.3) is 0 Å². The second-order valence-corrected chi connectivity index (χ2v) is 7.72. The average Bonchev–Trinajstić information content (AvgIpc) is 3.07. The number of nitrogens with zero attached hydrogens (tertiary/aromatic N) is 4. The van der Waals surface area contributed by atoms with Gasteiger partial charge in [-0.2, -0.15) is 0 Å². The molecular formula is C18H24N6O2S. The Bertz CT molecular complexity index is 773. The number of carbonyl (C=O) groups is 2. The predicted octanol–water partition coefficient (Wildman–Crippen LogP) is 1.70. The molecule has 1 aliphatic rings. The lowest BCUT2D eigenvalue weighted by Gasteiger charge is -2.35. The fraction of sp³-hybridized carbons (Fsp3) is 0.444. The molecule has 0 aliphatic carbocycles. The molecule has 1 saturated heterocycles. The molecule has 1 atom stereocenters. The molecule has 0 spiro atoms. The maximum absolute atomic E-state index is 12.4. The van der Waals surface area contributed by atoms with Crippen molar-refractivity contribution in [1.29, 1.82) is 0 Å². The van der Waals surface area contributed by atoms with Crippen LogP contribution in [0.15, 0.2) is 30.3 Å². The van der Waals surface area contributed by atoms with Crippen LogP contribution in [-0.2, 0) is 11.3 Å². The van der Waals surface area contributed by atoms with E-state index in [0.717, 1.165) is 24.6 Å². The third kappa shape index (κ3) is 5.48. The molecule has 0 unspecified atom stereocenters. The van der Waals surface area contributed by atoms with Gasteiger partial charge in [0, 0.05) is 32.7 Å². The van der Waals surface area contributed by atoms with Crippen LogP contribution in [0.1, 0.15) is 17.5 Å². The van der Waals surface area contributed by atoms with Crippen LogP contribution >= 0.6 is 11.3 Å². The van der Waals surface area contributed by atoms with Crippen LogP contribution in [0.4, 0.5) is 9.93 Å². The fourth-order valence-electron chi connectivity index (χ4n) is 2.85. The number of carbonyl (C=O) groups excluding carboxylic acids is 2. The molecule has 3 amide bonds. The van der Waals surface area contributed by atoms with Crippen molar-refractivity contribution in [1.82, 2.24) is 25.3 Å². The highest BCUT2D eigenvalue weighted by Crippen LogP contribution is 2.14. The van der Waals surface area contributed by atoms with E-state index in [1.165, 1.54) is 16.9 Å². The van der Waals surface area contributed by atoms with Gasteiger partial charge in [0.15, 0.2) is 0 Å². The van der Waals surface area contributed by atoms with E-state index < -0.39 is 6.04 Å². The molecule has 27 heavy (non-hydrogen) atoms. The van der Waals surface area contributed by atoms with Crippen LogP contribution in [0.5, 0.6) is 0 Å². The Morgan fingerprint density at radius 2 is 1.85 bits per heavy atom. The zero-order valence-corrected chi connectivity index (χ0v) is 16.3. The number of hydrogen-bond acceptors (Lipinski definition) is 6. The molecule has 1 aromatic heterocycles. The van der Waals surface area contributed by atoms with Gasteiger partial charge in [-0.25, -0.2) is 4.79 Å². The second kappa shape index (κ2) is 8.92. The summed E-state index contributed by atoms with van der Waals surface area (Å²) in [4.78, 5) is 28.7. The summed E-state index contributed by atoms with van der Waals surface area (Å²) in [6.07, 6.45) is 0. The Kier molecular flexibility index (Phi) is 6.36. The summed E-state index contributed by atoms with van der Waals surface area (Å²) in [5.41, 5.74) is 1.27. The van der Waals surface area contributed by atoms with E-state index >= 15 is 0 Å². The number of aromatic nitrogens is 2. The third-order valence-corrected chi connectivity index (χ3v) is 5.15. The van der Waals surface area contributed by atoms with Crippen molar-refractivity contribution in [2.24, 2.45) is 0 Å². The van der Waals surface area contributed by atoms with Gasteiger partial charge in [-0.15, -0.1) is 10.2 Å². The highest BCUT2D eigenvalue weighted by atomic mass is 32.1. The second-order valence-electron chi connectivity index (χ2n) is 6.54. The smallest absolute Gasteiger partial charge is 0.318 e. The van der Waals surface area contributed by atoms with Crippen LogP contribution in [0, 0.1) is 6.92 Å². The normalized spacial score (nSPS) is 16.0. The molecule has 0 saturated carbocycles. The Morgan fingerprint density at radius 1 is 1.15 bits per heavy atom. The number of aryl methyl sites for hydroxylation is 1. The van der Waals surface area contributed by atoms with Gasteiger partial charge in [0.2, 0.25) is 11.0 Å². The van der Waals surface area contributed by atoms with Crippen molar-refractivity contribution < 1.29 is 9.59 Å². The molecule has 0 bridgehead atoms. The van der Waals surface area contributed by atoms with Crippen molar-refractivity contribution in [2.45, 2.75) is 26.4 Å². The first-order valence-corrected chi connectivity index (χ1v) is 9.75. The van der Waals surface area contributed by atoms with E-state index in [2.05, 4.69) is 37.9 Å². The summed E-state index contributed by atoms with van der Waals surface area (Å²) in [6.45, 7) is 7.27. The van der Waals surface area contributed by atoms with Gasteiger partial charge >= 0.3 is 6.03 Å². The summed E-state index contributed by atoms with van der Waals surface area (Å²) in [6, 6.07) is 9.44. The van der Waals surface area contributed by atoms with Crippen molar-refractivity contribution in [2.75, 3.05) is 31.5 Å². The Labute approximate surface area is 162 Å². The Morgan fingerprint density at radius 3 is 2.48 bits per heavy atom. The van der Waals surface area contributed by atoms with Crippen LogP contribution < -0.4 is 10.6 Å². The number of piperazine rings is 1. The van der Waals surface area contributed by atoms with Gasteiger partial charge in [0.05, 0.1) is 0 Å². The average molecular weight is 388 g/mol. The SMILES string of the molecule is Cc1nnc(NC(=O)[C@@H](C)NC(=O)N2CCN(Cc3ccccc3)CC2)s1.